The first-order valence-electron chi connectivity index (χ1n) is 6.79. The minimum atomic E-state index is -0.809. The molecule has 0 aliphatic heterocycles. The first kappa shape index (κ1) is 17.6. The molecule has 1 aromatic carbocycles. The lowest BCUT2D eigenvalue weighted by atomic mass is 10.1. The number of methoxy groups -OCH3 is 2. The summed E-state index contributed by atoms with van der Waals surface area (Å²) >= 11 is 9.57. The summed E-state index contributed by atoms with van der Waals surface area (Å²) in [5.41, 5.74) is 1.50. The van der Waals surface area contributed by atoms with Gasteiger partial charge in [-0.2, -0.15) is 0 Å². The first-order valence-corrected chi connectivity index (χ1v) is 8.02. The molecular weight excluding hydrogens is 384 g/mol. The van der Waals surface area contributed by atoms with Crippen LogP contribution in [0.25, 0.3) is 0 Å². The molecule has 0 spiro atoms. The van der Waals surface area contributed by atoms with Crippen molar-refractivity contribution in [1.82, 2.24) is 10.3 Å². The fraction of sp³-hybridized carbons (Fsp3) is 0.250. The molecule has 0 bridgehead atoms. The van der Waals surface area contributed by atoms with Gasteiger partial charge < -0.3 is 14.8 Å². The van der Waals surface area contributed by atoms with E-state index in [0.717, 1.165) is 5.56 Å². The number of aromatic nitrogens is 1. The second kappa shape index (κ2) is 8.17. The number of hydrogen-bond acceptors (Lipinski definition) is 4. The van der Waals surface area contributed by atoms with Crippen LogP contribution < -0.4 is 14.8 Å². The Labute approximate surface area is 148 Å². The van der Waals surface area contributed by atoms with Gasteiger partial charge in [0.05, 0.1) is 14.2 Å². The predicted octanol–water partition coefficient (Wildman–Crippen LogP) is 3.46. The zero-order chi connectivity index (χ0) is 16.8. The van der Waals surface area contributed by atoms with Crippen molar-refractivity contribution in [3.05, 3.63) is 52.3 Å². The van der Waals surface area contributed by atoms with Crippen LogP contribution in [0.2, 0.25) is 0 Å². The molecule has 23 heavy (non-hydrogen) atoms. The second-order valence-electron chi connectivity index (χ2n) is 4.66. The first-order chi connectivity index (χ1) is 11.1. The van der Waals surface area contributed by atoms with Crippen LogP contribution in [0.4, 0.5) is 0 Å². The summed E-state index contributed by atoms with van der Waals surface area (Å²) in [6, 6.07) is 7.11. The molecule has 1 N–H and O–H groups in total. The normalized spacial score (nSPS) is 11.7. The van der Waals surface area contributed by atoms with E-state index in [1.165, 1.54) is 0 Å². The van der Waals surface area contributed by atoms with Crippen molar-refractivity contribution in [1.29, 1.82) is 0 Å². The maximum absolute atomic E-state index is 12.2. The van der Waals surface area contributed by atoms with Crippen molar-refractivity contribution >= 4 is 33.4 Å². The molecule has 2 aromatic rings. The van der Waals surface area contributed by atoms with Crippen molar-refractivity contribution in [2.24, 2.45) is 0 Å². The minimum absolute atomic E-state index is 0.295. The van der Waals surface area contributed by atoms with E-state index in [1.807, 2.05) is 12.1 Å². The highest BCUT2D eigenvalue weighted by Gasteiger charge is 2.20. The molecule has 1 unspecified atom stereocenters. The van der Waals surface area contributed by atoms with E-state index in [9.17, 15) is 4.79 Å². The molecule has 1 heterocycles. The van der Waals surface area contributed by atoms with E-state index >= 15 is 0 Å². The van der Waals surface area contributed by atoms with Crippen LogP contribution in [0.3, 0.4) is 0 Å². The van der Waals surface area contributed by atoms with Gasteiger partial charge in [-0.05, 0) is 39.7 Å². The lowest BCUT2D eigenvalue weighted by Crippen LogP contribution is -2.26. The van der Waals surface area contributed by atoms with E-state index < -0.39 is 5.38 Å². The van der Waals surface area contributed by atoms with Gasteiger partial charge in [-0.3, -0.25) is 9.78 Å². The lowest BCUT2D eigenvalue weighted by Gasteiger charge is -2.14. The molecule has 1 amide bonds. The van der Waals surface area contributed by atoms with E-state index in [1.54, 1.807) is 38.7 Å². The summed E-state index contributed by atoms with van der Waals surface area (Å²) in [5, 5.41) is 1.99. The van der Waals surface area contributed by atoms with Crippen LogP contribution in [-0.2, 0) is 11.3 Å². The third-order valence-corrected chi connectivity index (χ3v) is 4.35. The Hall–Kier alpha value is -1.79. The van der Waals surface area contributed by atoms with Gasteiger partial charge in [0, 0.05) is 35.0 Å². The van der Waals surface area contributed by atoms with Gasteiger partial charge in [0.25, 0.3) is 0 Å². The number of halogens is 2. The van der Waals surface area contributed by atoms with Gasteiger partial charge in [-0.25, -0.2) is 0 Å². The molecule has 0 radical (unpaired) electrons. The SMILES string of the molecule is COc1ccc(CNC(=O)C(Cl)c2ccncc2Br)c(OC)c1. The topological polar surface area (TPSA) is 60.5 Å². The van der Waals surface area contributed by atoms with Crippen LogP contribution in [0.1, 0.15) is 16.5 Å². The van der Waals surface area contributed by atoms with Crippen LogP contribution >= 0.6 is 27.5 Å². The average Bonchev–Trinajstić information content (AvgIpc) is 2.59. The van der Waals surface area contributed by atoms with Gasteiger partial charge in [-0.15, -0.1) is 11.6 Å². The molecule has 2 rings (SSSR count). The molecule has 1 atom stereocenters. The molecule has 0 aliphatic rings. The van der Waals surface area contributed by atoms with Gasteiger partial charge in [0.1, 0.15) is 16.9 Å². The fourth-order valence-electron chi connectivity index (χ4n) is 2.00. The van der Waals surface area contributed by atoms with Crippen LogP contribution in [0.5, 0.6) is 11.5 Å². The molecule has 122 valence electrons. The number of carbonyl (C=O) groups excluding carboxylic acids is 1. The second-order valence-corrected chi connectivity index (χ2v) is 5.95. The predicted molar refractivity (Wildman–Crippen MR) is 91.9 cm³/mol. The molecule has 0 saturated carbocycles. The highest BCUT2D eigenvalue weighted by molar-refractivity contribution is 9.10. The number of alkyl halides is 1. The summed E-state index contributed by atoms with van der Waals surface area (Å²) in [7, 11) is 3.15. The quantitative estimate of drug-likeness (QED) is 0.756. The lowest BCUT2D eigenvalue weighted by molar-refractivity contribution is -0.121. The molecule has 0 fully saturated rings. The van der Waals surface area contributed by atoms with Crippen LogP contribution in [-0.4, -0.2) is 25.1 Å². The Bertz CT molecular complexity index is 697. The number of nitrogens with zero attached hydrogens (tertiary/aromatic N) is 1. The van der Waals surface area contributed by atoms with Crippen molar-refractivity contribution in [2.45, 2.75) is 11.9 Å². The monoisotopic (exact) mass is 398 g/mol. The zero-order valence-electron chi connectivity index (χ0n) is 12.7. The smallest absolute Gasteiger partial charge is 0.242 e. The molecule has 1 aromatic heterocycles. The standard InChI is InChI=1S/C16H16BrClN2O3/c1-22-11-4-3-10(14(7-11)23-2)8-20-16(21)15(18)12-5-6-19-9-13(12)17/h3-7,9,15H,8H2,1-2H3,(H,20,21). The zero-order valence-corrected chi connectivity index (χ0v) is 15.0. The van der Waals surface area contributed by atoms with Crippen molar-refractivity contribution in [3.8, 4) is 11.5 Å². The Kier molecular flexibility index (Phi) is 6.24. The minimum Gasteiger partial charge on any atom is -0.497 e. The van der Waals surface area contributed by atoms with E-state index in [2.05, 4.69) is 26.2 Å². The summed E-state index contributed by atoms with van der Waals surface area (Å²) in [5.74, 6) is 1.03. The number of carbonyl (C=O) groups is 1. The number of rotatable bonds is 6. The van der Waals surface area contributed by atoms with Crippen molar-refractivity contribution in [2.75, 3.05) is 14.2 Å². The Morgan fingerprint density at radius 3 is 2.78 bits per heavy atom. The van der Waals surface area contributed by atoms with Crippen molar-refractivity contribution in [3.63, 3.8) is 0 Å². The van der Waals surface area contributed by atoms with Gasteiger partial charge >= 0.3 is 0 Å². The number of pyridine rings is 1. The molecular formula is C16H16BrClN2O3. The third kappa shape index (κ3) is 4.36. The molecule has 0 saturated heterocycles. The van der Waals surface area contributed by atoms with E-state index in [-0.39, 0.29) is 5.91 Å². The Morgan fingerprint density at radius 1 is 1.35 bits per heavy atom. The number of hydrogen-bond donors (Lipinski definition) is 1. The molecule has 7 heteroatoms. The molecule has 5 nitrogen and oxygen atoms in total. The highest BCUT2D eigenvalue weighted by Crippen LogP contribution is 2.28. The van der Waals surface area contributed by atoms with Gasteiger partial charge in [-0.1, -0.05) is 0 Å². The van der Waals surface area contributed by atoms with Gasteiger partial charge in [0.15, 0.2) is 0 Å². The fourth-order valence-corrected chi connectivity index (χ4v) is 2.88. The highest BCUT2D eigenvalue weighted by atomic mass is 79.9. The van der Waals surface area contributed by atoms with E-state index in [0.29, 0.717) is 28.1 Å². The maximum Gasteiger partial charge on any atom is 0.242 e. The number of amides is 1. The average molecular weight is 400 g/mol. The number of nitrogens with one attached hydrogen (secondary N) is 1. The summed E-state index contributed by atoms with van der Waals surface area (Å²) in [6.07, 6.45) is 3.19. The maximum atomic E-state index is 12.2. The Morgan fingerprint density at radius 2 is 2.13 bits per heavy atom. The van der Waals surface area contributed by atoms with Crippen LogP contribution in [0, 0.1) is 0 Å². The number of benzene rings is 1. The number of ether oxygens (including phenoxy) is 2. The summed E-state index contributed by atoms with van der Waals surface area (Å²) in [6.45, 7) is 0.303. The van der Waals surface area contributed by atoms with Crippen molar-refractivity contribution < 1.29 is 14.3 Å². The Balaban J connectivity index is 2.06. The summed E-state index contributed by atoms with van der Waals surface area (Å²) in [4.78, 5) is 16.2. The third-order valence-electron chi connectivity index (χ3n) is 3.25. The molecule has 0 aliphatic carbocycles. The largest absolute Gasteiger partial charge is 0.497 e. The van der Waals surface area contributed by atoms with E-state index in [4.69, 9.17) is 21.1 Å². The summed E-state index contributed by atoms with van der Waals surface area (Å²) < 4.78 is 11.1. The van der Waals surface area contributed by atoms with Crippen LogP contribution in [0.15, 0.2) is 41.1 Å². The van der Waals surface area contributed by atoms with Gasteiger partial charge in [0.2, 0.25) is 5.91 Å².